The van der Waals surface area contributed by atoms with Crippen molar-refractivity contribution in [3.63, 3.8) is 0 Å². The first kappa shape index (κ1) is 23.5. The van der Waals surface area contributed by atoms with Gasteiger partial charge in [-0.25, -0.2) is 14.2 Å². The summed E-state index contributed by atoms with van der Waals surface area (Å²) >= 11 is 1.53. The first-order valence-corrected chi connectivity index (χ1v) is 12.8. The van der Waals surface area contributed by atoms with Crippen LogP contribution in [0.3, 0.4) is 0 Å². The van der Waals surface area contributed by atoms with Crippen LogP contribution in [-0.4, -0.2) is 22.2 Å². The van der Waals surface area contributed by atoms with Gasteiger partial charge in [-0.1, -0.05) is 32.6 Å². The maximum Gasteiger partial charge on any atom is 0.412 e. The van der Waals surface area contributed by atoms with Gasteiger partial charge in [-0.05, 0) is 56.4 Å². The summed E-state index contributed by atoms with van der Waals surface area (Å²) < 4.78 is 21.3. The predicted octanol–water partition coefficient (Wildman–Crippen LogP) is 7.19. The molecule has 3 aromatic rings. The fraction of sp³-hybridized carbons (Fsp3) is 0.462. The van der Waals surface area contributed by atoms with Gasteiger partial charge in [0, 0.05) is 30.1 Å². The Kier molecular flexibility index (Phi) is 7.81. The number of benzene rings is 1. The van der Waals surface area contributed by atoms with Gasteiger partial charge in [0.1, 0.15) is 10.8 Å². The van der Waals surface area contributed by atoms with E-state index >= 15 is 0 Å². The molecule has 176 valence electrons. The highest BCUT2D eigenvalue weighted by Gasteiger charge is 2.22. The van der Waals surface area contributed by atoms with Gasteiger partial charge in [0.25, 0.3) is 0 Å². The van der Waals surface area contributed by atoms with E-state index in [0.717, 1.165) is 47.0 Å². The SMILES string of the molecule is CCCCNC(=O)Oc1cc(-c2csc(-c3ccc(F)cc3)n2)n(CC2CCCCC2)c1C. The number of unbranched alkanes of at least 4 members (excludes halogenated alkanes) is 1. The van der Waals surface area contributed by atoms with Crippen LogP contribution in [0.1, 0.15) is 57.6 Å². The van der Waals surface area contributed by atoms with Gasteiger partial charge in [-0.3, -0.25) is 0 Å². The van der Waals surface area contributed by atoms with Gasteiger partial charge >= 0.3 is 6.09 Å². The highest BCUT2D eigenvalue weighted by atomic mass is 32.1. The molecular formula is C26H32FN3O2S. The van der Waals surface area contributed by atoms with Crippen LogP contribution in [0.25, 0.3) is 22.0 Å². The Morgan fingerprint density at radius 2 is 2.00 bits per heavy atom. The second kappa shape index (κ2) is 11.0. The smallest absolute Gasteiger partial charge is 0.408 e. The summed E-state index contributed by atoms with van der Waals surface area (Å²) in [5.41, 5.74) is 3.64. The van der Waals surface area contributed by atoms with Crippen LogP contribution >= 0.6 is 11.3 Å². The minimum atomic E-state index is -0.418. The molecule has 33 heavy (non-hydrogen) atoms. The van der Waals surface area contributed by atoms with Gasteiger partial charge in [-0.15, -0.1) is 11.3 Å². The van der Waals surface area contributed by atoms with E-state index < -0.39 is 6.09 Å². The summed E-state index contributed by atoms with van der Waals surface area (Å²) in [7, 11) is 0. The molecular weight excluding hydrogens is 437 g/mol. The van der Waals surface area contributed by atoms with Gasteiger partial charge in [-0.2, -0.15) is 0 Å². The number of nitrogens with zero attached hydrogens (tertiary/aromatic N) is 2. The zero-order chi connectivity index (χ0) is 23.2. The fourth-order valence-electron chi connectivity index (χ4n) is 4.42. The fourth-order valence-corrected chi connectivity index (χ4v) is 5.24. The van der Waals surface area contributed by atoms with E-state index in [2.05, 4.69) is 16.8 Å². The van der Waals surface area contributed by atoms with Gasteiger partial charge in [0.2, 0.25) is 0 Å². The molecule has 2 heterocycles. The van der Waals surface area contributed by atoms with Crippen molar-refractivity contribution in [1.82, 2.24) is 14.9 Å². The first-order valence-electron chi connectivity index (χ1n) is 11.9. The number of nitrogens with one attached hydrogen (secondary N) is 1. The standard InChI is InChI=1S/C26H32FN3O2S/c1-3-4-14-28-26(31)32-24-15-23(30(18(24)2)16-19-8-6-5-7-9-19)22-17-33-25(29-22)20-10-12-21(27)13-11-20/h10-13,15,17,19H,3-9,14,16H2,1-2H3,(H,28,31). The van der Waals surface area contributed by atoms with Crippen LogP contribution in [-0.2, 0) is 6.54 Å². The summed E-state index contributed by atoms with van der Waals surface area (Å²) in [5, 5.41) is 5.69. The number of carbonyl (C=O) groups excluding carboxylic acids is 1. The van der Waals surface area contributed by atoms with E-state index in [-0.39, 0.29) is 5.82 Å². The van der Waals surface area contributed by atoms with E-state index in [1.165, 1.54) is 55.6 Å². The zero-order valence-corrected chi connectivity index (χ0v) is 20.2. The van der Waals surface area contributed by atoms with Crippen molar-refractivity contribution >= 4 is 17.4 Å². The molecule has 0 aliphatic heterocycles. The summed E-state index contributed by atoms with van der Waals surface area (Å²) in [6, 6.07) is 8.34. The van der Waals surface area contributed by atoms with Gasteiger partial charge < -0.3 is 14.6 Å². The molecule has 1 N–H and O–H groups in total. The topological polar surface area (TPSA) is 56.1 Å². The molecule has 5 nitrogen and oxygen atoms in total. The maximum atomic E-state index is 13.3. The third-order valence-corrected chi connectivity index (χ3v) is 7.24. The highest BCUT2D eigenvalue weighted by Crippen LogP contribution is 2.36. The number of hydrogen-bond donors (Lipinski definition) is 1. The second-order valence-electron chi connectivity index (χ2n) is 8.81. The number of thiazole rings is 1. The molecule has 0 radical (unpaired) electrons. The molecule has 1 amide bonds. The van der Waals surface area contributed by atoms with E-state index in [0.29, 0.717) is 18.2 Å². The average molecular weight is 470 g/mol. The number of rotatable bonds is 8. The average Bonchev–Trinajstić information content (AvgIpc) is 3.41. The molecule has 0 unspecified atom stereocenters. The first-order chi connectivity index (χ1) is 16.0. The molecule has 7 heteroatoms. The highest BCUT2D eigenvalue weighted by molar-refractivity contribution is 7.13. The lowest BCUT2D eigenvalue weighted by molar-refractivity contribution is 0.200. The van der Waals surface area contributed by atoms with Crippen molar-refractivity contribution in [3.05, 3.63) is 47.2 Å². The Bertz CT molecular complexity index is 1070. The maximum absolute atomic E-state index is 13.3. The van der Waals surface area contributed by atoms with E-state index in [9.17, 15) is 9.18 Å². The Morgan fingerprint density at radius 3 is 2.73 bits per heavy atom. The summed E-state index contributed by atoms with van der Waals surface area (Å²) in [5.74, 6) is 0.933. The van der Waals surface area contributed by atoms with Crippen molar-refractivity contribution in [3.8, 4) is 27.7 Å². The van der Waals surface area contributed by atoms with E-state index in [1.807, 2.05) is 18.4 Å². The Labute approximate surface area is 199 Å². The molecule has 0 spiro atoms. The van der Waals surface area contributed by atoms with Crippen LogP contribution < -0.4 is 10.1 Å². The third kappa shape index (κ3) is 5.82. The molecule has 4 rings (SSSR count). The normalized spacial score (nSPS) is 14.4. The Hall–Kier alpha value is -2.67. The summed E-state index contributed by atoms with van der Waals surface area (Å²) in [4.78, 5) is 17.2. The second-order valence-corrected chi connectivity index (χ2v) is 9.67. The van der Waals surface area contributed by atoms with E-state index in [1.54, 1.807) is 12.1 Å². The number of amides is 1. The van der Waals surface area contributed by atoms with Crippen LogP contribution in [0.5, 0.6) is 5.75 Å². The Morgan fingerprint density at radius 1 is 1.24 bits per heavy atom. The minimum absolute atomic E-state index is 0.258. The third-order valence-electron chi connectivity index (χ3n) is 6.35. The Balaban J connectivity index is 1.62. The molecule has 0 bridgehead atoms. The lowest BCUT2D eigenvalue weighted by Gasteiger charge is -2.24. The molecule has 1 aliphatic carbocycles. The largest absolute Gasteiger partial charge is 0.412 e. The summed E-state index contributed by atoms with van der Waals surface area (Å²) in [6.07, 6.45) is 7.83. The van der Waals surface area contributed by atoms with Gasteiger partial charge in [0.15, 0.2) is 5.75 Å². The quantitative estimate of drug-likeness (QED) is 0.355. The van der Waals surface area contributed by atoms with Crippen molar-refractivity contribution < 1.29 is 13.9 Å². The minimum Gasteiger partial charge on any atom is -0.408 e. The molecule has 2 aromatic heterocycles. The molecule has 0 atom stereocenters. The molecule has 1 aromatic carbocycles. The zero-order valence-electron chi connectivity index (χ0n) is 19.4. The van der Waals surface area contributed by atoms with Crippen molar-refractivity contribution in [1.29, 1.82) is 0 Å². The van der Waals surface area contributed by atoms with Crippen molar-refractivity contribution in [2.45, 2.75) is 65.3 Å². The lowest BCUT2D eigenvalue weighted by Crippen LogP contribution is -2.27. The monoisotopic (exact) mass is 469 g/mol. The number of carbonyl (C=O) groups is 1. The molecule has 1 aliphatic rings. The van der Waals surface area contributed by atoms with Crippen LogP contribution in [0.2, 0.25) is 0 Å². The number of hydrogen-bond acceptors (Lipinski definition) is 4. The van der Waals surface area contributed by atoms with Crippen molar-refractivity contribution in [2.24, 2.45) is 5.92 Å². The number of halogens is 1. The van der Waals surface area contributed by atoms with E-state index in [4.69, 9.17) is 9.72 Å². The van der Waals surface area contributed by atoms with Gasteiger partial charge in [0.05, 0.1) is 17.1 Å². The number of ether oxygens (including phenoxy) is 1. The molecule has 1 fully saturated rings. The summed E-state index contributed by atoms with van der Waals surface area (Å²) in [6.45, 7) is 5.60. The van der Waals surface area contributed by atoms with Crippen LogP contribution in [0.4, 0.5) is 9.18 Å². The number of aromatic nitrogens is 2. The lowest BCUT2D eigenvalue weighted by atomic mass is 9.89. The van der Waals surface area contributed by atoms with Crippen molar-refractivity contribution in [2.75, 3.05) is 6.54 Å². The van der Waals surface area contributed by atoms with Crippen LogP contribution in [0, 0.1) is 18.7 Å². The molecule has 0 saturated heterocycles. The predicted molar refractivity (Wildman–Crippen MR) is 131 cm³/mol. The van der Waals surface area contributed by atoms with Crippen LogP contribution in [0.15, 0.2) is 35.7 Å². The molecule has 1 saturated carbocycles.